The fraction of sp³-hybridized carbons (Fsp3) is 0.357. The molecule has 194 valence electrons. The maximum Gasteiger partial charge on any atom is 0.308 e. The molecule has 0 aliphatic carbocycles. The summed E-state index contributed by atoms with van der Waals surface area (Å²) in [5, 5.41) is 10.6. The Morgan fingerprint density at radius 2 is 2.03 bits per heavy atom. The highest BCUT2D eigenvalue weighted by molar-refractivity contribution is 6.32. The predicted molar refractivity (Wildman–Crippen MR) is 135 cm³/mol. The number of piperidine rings is 1. The van der Waals surface area contributed by atoms with Crippen molar-refractivity contribution in [1.82, 2.24) is 9.88 Å². The minimum atomic E-state index is -1.39. The number of aliphatic carboxylic acids is 1. The van der Waals surface area contributed by atoms with E-state index in [0.29, 0.717) is 41.6 Å². The Morgan fingerprint density at radius 3 is 2.73 bits per heavy atom. The zero-order chi connectivity index (χ0) is 26.5. The van der Waals surface area contributed by atoms with Gasteiger partial charge in [-0.2, -0.15) is 0 Å². The number of carboxylic acid groups (broad SMARTS) is 1. The largest absolute Gasteiger partial charge is 0.497 e. The first kappa shape index (κ1) is 26.8. The summed E-state index contributed by atoms with van der Waals surface area (Å²) >= 11 is 6.32. The molecule has 3 aromatic rings. The minimum Gasteiger partial charge on any atom is -0.497 e. The lowest BCUT2D eigenvalue weighted by molar-refractivity contribution is -0.146. The molecule has 2 heterocycles. The van der Waals surface area contributed by atoms with Crippen LogP contribution in [-0.4, -0.2) is 47.7 Å². The number of hydrogen-bond donors (Lipinski definition) is 1. The number of fused-ring (bicyclic) bond motifs is 1. The number of rotatable bonds is 7. The van der Waals surface area contributed by atoms with Gasteiger partial charge in [0.2, 0.25) is 0 Å². The fourth-order valence-electron chi connectivity index (χ4n) is 4.83. The van der Waals surface area contributed by atoms with Crippen molar-refractivity contribution in [2.75, 3.05) is 26.7 Å². The molecule has 1 aliphatic heterocycles. The molecule has 0 spiro atoms. The molecule has 3 unspecified atom stereocenters. The van der Waals surface area contributed by atoms with Gasteiger partial charge in [-0.3, -0.25) is 14.7 Å². The second-order valence-corrected chi connectivity index (χ2v) is 9.54. The molecule has 1 aromatic heterocycles. The second kappa shape index (κ2) is 11.8. The second-order valence-electron chi connectivity index (χ2n) is 9.14. The number of halogens is 4. The number of aromatic nitrogens is 1. The summed E-state index contributed by atoms with van der Waals surface area (Å²) in [5.41, 5.74) is 1.15. The summed E-state index contributed by atoms with van der Waals surface area (Å²) in [6.07, 6.45) is 1.10. The standard InChI is InChI=1S/C28H26ClF3N2O3/c1-37-21-5-7-26-22(14-21)27(24(29)15-33-26)25(32)6-4-18-8-10-34(16-23(18)28(35)36)9-2-3-17-11-19(30)13-20(31)12-17/h5,7,11-15,18,23,25H,4,6,8-10,16H2,1H3,(H,35,36). The summed E-state index contributed by atoms with van der Waals surface area (Å²) in [7, 11) is 1.52. The number of carboxylic acids is 1. The molecule has 9 heteroatoms. The van der Waals surface area contributed by atoms with E-state index in [4.69, 9.17) is 16.3 Å². The van der Waals surface area contributed by atoms with Crippen LogP contribution in [0, 0.1) is 35.3 Å². The van der Waals surface area contributed by atoms with E-state index in [1.54, 1.807) is 18.2 Å². The number of ether oxygens (including phenoxy) is 1. The normalized spacial score (nSPS) is 18.7. The molecule has 0 bridgehead atoms. The Hall–Kier alpha value is -3.28. The van der Waals surface area contributed by atoms with E-state index < -0.39 is 29.7 Å². The molecule has 1 aliphatic rings. The van der Waals surface area contributed by atoms with Crippen LogP contribution in [0.4, 0.5) is 13.2 Å². The summed E-state index contributed by atoms with van der Waals surface area (Å²) < 4.78 is 47.5. The highest BCUT2D eigenvalue weighted by Gasteiger charge is 2.34. The van der Waals surface area contributed by atoms with E-state index in [0.717, 1.165) is 18.2 Å². The van der Waals surface area contributed by atoms with Gasteiger partial charge in [0.05, 0.1) is 30.1 Å². The van der Waals surface area contributed by atoms with Crippen LogP contribution in [-0.2, 0) is 4.79 Å². The van der Waals surface area contributed by atoms with E-state index in [-0.39, 0.29) is 36.0 Å². The highest BCUT2D eigenvalue weighted by Crippen LogP contribution is 2.38. The maximum absolute atomic E-state index is 15.5. The third kappa shape index (κ3) is 6.54. The van der Waals surface area contributed by atoms with Crippen molar-refractivity contribution in [3.8, 4) is 17.6 Å². The molecular formula is C28H26ClF3N2O3. The van der Waals surface area contributed by atoms with Crippen molar-refractivity contribution >= 4 is 28.5 Å². The minimum absolute atomic E-state index is 0.120. The Labute approximate surface area is 218 Å². The number of benzene rings is 2. The molecule has 1 N–H and O–H groups in total. The first-order valence-corrected chi connectivity index (χ1v) is 12.3. The predicted octanol–water partition coefficient (Wildman–Crippen LogP) is 6.04. The Kier molecular flexibility index (Phi) is 8.57. The third-order valence-corrected chi connectivity index (χ3v) is 7.03. The van der Waals surface area contributed by atoms with Crippen molar-refractivity contribution < 1.29 is 27.8 Å². The molecule has 0 amide bonds. The van der Waals surface area contributed by atoms with E-state index in [2.05, 4.69) is 16.8 Å². The van der Waals surface area contributed by atoms with Crippen molar-refractivity contribution in [3.05, 3.63) is 70.4 Å². The van der Waals surface area contributed by atoms with Gasteiger partial charge in [-0.25, -0.2) is 13.2 Å². The van der Waals surface area contributed by atoms with Gasteiger partial charge in [-0.1, -0.05) is 23.4 Å². The van der Waals surface area contributed by atoms with Crippen molar-refractivity contribution in [1.29, 1.82) is 0 Å². The van der Waals surface area contributed by atoms with E-state index in [9.17, 15) is 18.7 Å². The van der Waals surface area contributed by atoms with Crippen molar-refractivity contribution in [2.45, 2.75) is 25.4 Å². The average Bonchev–Trinajstić information content (AvgIpc) is 2.86. The van der Waals surface area contributed by atoms with E-state index in [1.165, 1.54) is 13.3 Å². The molecule has 5 nitrogen and oxygen atoms in total. The van der Waals surface area contributed by atoms with Crippen LogP contribution in [0.3, 0.4) is 0 Å². The van der Waals surface area contributed by atoms with Crippen LogP contribution in [0.15, 0.2) is 42.6 Å². The summed E-state index contributed by atoms with van der Waals surface area (Å²) in [4.78, 5) is 18.2. The maximum atomic E-state index is 15.5. The van der Waals surface area contributed by atoms with Crippen LogP contribution in [0.25, 0.3) is 10.9 Å². The average molecular weight is 531 g/mol. The molecular weight excluding hydrogens is 505 g/mol. The van der Waals surface area contributed by atoms with Gasteiger partial charge in [-0.15, -0.1) is 0 Å². The topological polar surface area (TPSA) is 62.7 Å². The van der Waals surface area contributed by atoms with Gasteiger partial charge in [0.25, 0.3) is 0 Å². The molecule has 4 rings (SSSR count). The number of nitrogens with zero attached hydrogens (tertiary/aromatic N) is 2. The first-order chi connectivity index (χ1) is 17.7. The Morgan fingerprint density at radius 1 is 1.27 bits per heavy atom. The zero-order valence-corrected chi connectivity index (χ0v) is 20.9. The third-order valence-electron chi connectivity index (χ3n) is 6.73. The summed E-state index contributed by atoms with van der Waals surface area (Å²) in [6.45, 7) is 1.12. The Balaban J connectivity index is 1.41. The van der Waals surface area contributed by atoms with Gasteiger partial charge in [0.15, 0.2) is 0 Å². The van der Waals surface area contributed by atoms with Crippen LogP contribution in [0.2, 0.25) is 5.02 Å². The SMILES string of the molecule is COc1ccc2ncc(Cl)c(C(F)CCC3CCN(CC#Cc4cc(F)cc(F)c4)CC3C(=O)O)c2c1. The van der Waals surface area contributed by atoms with Gasteiger partial charge in [0, 0.05) is 35.3 Å². The smallest absolute Gasteiger partial charge is 0.308 e. The summed E-state index contributed by atoms with van der Waals surface area (Å²) in [5.74, 6) is 2.90. The molecule has 0 saturated carbocycles. The van der Waals surface area contributed by atoms with Crippen LogP contribution in [0.5, 0.6) is 5.75 Å². The lowest BCUT2D eigenvalue weighted by Gasteiger charge is -2.36. The zero-order valence-electron chi connectivity index (χ0n) is 20.2. The van der Waals surface area contributed by atoms with E-state index >= 15 is 4.39 Å². The molecule has 1 fully saturated rings. The number of hydrogen-bond acceptors (Lipinski definition) is 4. The quantitative estimate of drug-likeness (QED) is 0.377. The van der Waals surface area contributed by atoms with Gasteiger partial charge < -0.3 is 9.84 Å². The van der Waals surface area contributed by atoms with Crippen molar-refractivity contribution in [3.63, 3.8) is 0 Å². The highest BCUT2D eigenvalue weighted by atomic mass is 35.5. The number of methoxy groups -OCH3 is 1. The monoisotopic (exact) mass is 530 g/mol. The molecule has 0 radical (unpaired) electrons. The van der Waals surface area contributed by atoms with Gasteiger partial charge in [-0.05, 0) is 62.1 Å². The lowest BCUT2D eigenvalue weighted by Crippen LogP contribution is -2.44. The van der Waals surface area contributed by atoms with Gasteiger partial charge in [0.1, 0.15) is 23.6 Å². The number of alkyl halides is 1. The molecule has 1 saturated heterocycles. The lowest BCUT2D eigenvalue weighted by atomic mass is 9.81. The number of carbonyl (C=O) groups is 1. The summed E-state index contributed by atoms with van der Waals surface area (Å²) in [6, 6.07) is 8.25. The Bertz CT molecular complexity index is 1340. The fourth-order valence-corrected chi connectivity index (χ4v) is 5.10. The molecule has 3 atom stereocenters. The van der Waals surface area contributed by atoms with Crippen molar-refractivity contribution in [2.24, 2.45) is 11.8 Å². The molecule has 2 aromatic carbocycles. The van der Waals surface area contributed by atoms with E-state index in [1.807, 2.05) is 4.90 Å². The number of likely N-dealkylation sites (tertiary alicyclic amines) is 1. The van der Waals surface area contributed by atoms with Gasteiger partial charge >= 0.3 is 5.97 Å². The van der Waals surface area contributed by atoms with Crippen LogP contribution < -0.4 is 4.74 Å². The van der Waals surface area contributed by atoms with Crippen LogP contribution >= 0.6 is 11.6 Å². The first-order valence-electron chi connectivity index (χ1n) is 11.9. The number of pyridine rings is 1. The van der Waals surface area contributed by atoms with Crippen LogP contribution in [0.1, 0.15) is 36.6 Å². The molecule has 37 heavy (non-hydrogen) atoms.